The number of methoxy groups -OCH3 is 1. The normalized spacial score (nSPS) is 11.2. The van der Waals surface area contributed by atoms with E-state index >= 15 is 0 Å². The smallest absolute Gasteiger partial charge is 0.138 e. The number of rotatable bonds is 3. The minimum absolute atomic E-state index is 0.432. The average Bonchev–Trinajstić information content (AvgIpc) is 2.53. The number of nitrogens with zero attached hydrogens (tertiary/aromatic N) is 2. The van der Waals surface area contributed by atoms with E-state index in [2.05, 4.69) is 25.9 Å². The Bertz CT molecular complexity index is 864. The molecular formula is C17H12BrClN2O. The molecule has 0 radical (unpaired) electrons. The zero-order valence-corrected chi connectivity index (χ0v) is 14.1. The Hall–Kier alpha value is -1.91. The fourth-order valence-electron chi connectivity index (χ4n) is 2.07. The predicted molar refractivity (Wildman–Crippen MR) is 94.7 cm³/mol. The second kappa shape index (κ2) is 6.46. The molecule has 0 aliphatic heterocycles. The van der Waals surface area contributed by atoms with Crippen LogP contribution in [0.25, 0.3) is 10.9 Å². The summed E-state index contributed by atoms with van der Waals surface area (Å²) in [5.74, 6) is 0.765. The molecule has 1 heterocycles. The number of hydrogen-bond acceptors (Lipinski definition) is 3. The first-order valence-electron chi connectivity index (χ1n) is 6.59. The number of fused-ring (bicyclic) bond motifs is 1. The van der Waals surface area contributed by atoms with Gasteiger partial charge in [0.2, 0.25) is 0 Å². The van der Waals surface area contributed by atoms with Crippen LogP contribution in [0, 0.1) is 0 Å². The van der Waals surface area contributed by atoms with Crippen molar-refractivity contribution in [2.24, 2.45) is 4.99 Å². The first-order chi connectivity index (χ1) is 10.7. The summed E-state index contributed by atoms with van der Waals surface area (Å²) >= 11 is 9.69. The zero-order valence-electron chi connectivity index (χ0n) is 11.8. The van der Waals surface area contributed by atoms with Crippen LogP contribution in [0.4, 0.5) is 5.69 Å². The molecule has 22 heavy (non-hydrogen) atoms. The third-order valence-corrected chi connectivity index (χ3v) is 3.96. The van der Waals surface area contributed by atoms with Gasteiger partial charge in [0.15, 0.2) is 0 Å². The van der Waals surface area contributed by atoms with E-state index in [0.29, 0.717) is 5.15 Å². The summed E-state index contributed by atoms with van der Waals surface area (Å²) in [7, 11) is 1.63. The number of aromatic nitrogens is 1. The topological polar surface area (TPSA) is 34.5 Å². The summed E-state index contributed by atoms with van der Waals surface area (Å²) in [6.07, 6.45) is 1.71. The van der Waals surface area contributed by atoms with Crippen LogP contribution in [0.3, 0.4) is 0 Å². The second-order valence-corrected chi connectivity index (χ2v) is 5.94. The highest BCUT2D eigenvalue weighted by Crippen LogP contribution is 2.24. The molecule has 2 aromatic carbocycles. The standard InChI is InChI=1S/C17H12BrClN2O/c1-22-15-4-2-3-14(9-15)20-10-12-7-11-8-13(18)5-6-16(11)21-17(12)19/h2-10H,1H3. The number of benzene rings is 2. The number of hydrogen-bond donors (Lipinski definition) is 0. The van der Waals surface area contributed by atoms with Crippen molar-refractivity contribution in [3.63, 3.8) is 0 Å². The van der Waals surface area contributed by atoms with Gasteiger partial charge in [0.05, 0.1) is 18.3 Å². The number of pyridine rings is 1. The van der Waals surface area contributed by atoms with Crippen LogP contribution in [-0.4, -0.2) is 18.3 Å². The van der Waals surface area contributed by atoms with Gasteiger partial charge in [0.1, 0.15) is 10.9 Å². The molecule has 0 atom stereocenters. The van der Waals surface area contributed by atoms with Crippen molar-refractivity contribution in [3.05, 3.63) is 63.7 Å². The first kappa shape index (κ1) is 15.0. The van der Waals surface area contributed by atoms with Crippen molar-refractivity contribution in [2.45, 2.75) is 0 Å². The van der Waals surface area contributed by atoms with E-state index in [1.165, 1.54) is 0 Å². The Kier molecular flexibility index (Phi) is 4.41. The van der Waals surface area contributed by atoms with Crippen molar-refractivity contribution in [1.82, 2.24) is 4.98 Å². The molecule has 0 unspecified atom stereocenters. The zero-order chi connectivity index (χ0) is 15.5. The van der Waals surface area contributed by atoms with Gasteiger partial charge in [-0.3, -0.25) is 4.99 Å². The Morgan fingerprint density at radius 2 is 2.05 bits per heavy atom. The summed E-state index contributed by atoms with van der Waals surface area (Å²) in [6, 6.07) is 15.4. The molecule has 0 fully saturated rings. The van der Waals surface area contributed by atoms with Crippen LogP contribution >= 0.6 is 27.5 Å². The van der Waals surface area contributed by atoms with Crippen LogP contribution in [0.1, 0.15) is 5.56 Å². The van der Waals surface area contributed by atoms with Crippen molar-refractivity contribution in [1.29, 1.82) is 0 Å². The average molecular weight is 376 g/mol. The Morgan fingerprint density at radius 1 is 1.18 bits per heavy atom. The third kappa shape index (κ3) is 3.29. The lowest BCUT2D eigenvalue weighted by molar-refractivity contribution is 0.415. The van der Waals surface area contributed by atoms with Crippen LogP contribution in [0.5, 0.6) is 5.75 Å². The van der Waals surface area contributed by atoms with Crippen LogP contribution in [0.15, 0.2) is 58.0 Å². The van der Waals surface area contributed by atoms with Gasteiger partial charge in [-0.15, -0.1) is 0 Å². The van der Waals surface area contributed by atoms with Crippen molar-refractivity contribution < 1.29 is 4.74 Å². The third-order valence-electron chi connectivity index (χ3n) is 3.16. The van der Waals surface area contributed by atoms with Gasteiger partial charge in [-0.1, -0.05) is 33.6 Å². The highest BCUT2D eigenvalue weighted by atomic mass is 79.9. The Balaban J connectivity index is 1.98. The van der Waals surface area contributed by atoms with Gasteiger partial charge < -0.3 is 4.74 Å². The molecule has 5 heteroatoms. The SMILES string of the molecule is COc1cccc(N=Cc2cc3cc(Br)ccc3nc2Cl)c1. The highest BCUT2D eigenvalue weighted by Gasteiger charge is 2.04. The van der Waals surface area contributed by atoms with E-state index in [4.69, 9.17) is 16.3 Å². The van der Waals surface area contributed by atoms with Gasteiger partial charge in [-0.25, -0.2) is 4.98 Å². The number of halogens is 2. The molecule has 3 aromatic rings. The monoisotopic (exact) mass is 374 g/mol. The van der Waals surface area contributed by atoms with Gasteiger partial charge in [-0.05, 0) is 36.4 Å². The predicted octanol–water partition coefficient (Wildman–Crippen LogP) is 5.41. The van der Waals surface area contributed by atoms with Crippen molar-refractivity contribution >= 4 is 50.3 Å². The fraction of sp³-hybridized carbons (Fsp3) is 0.0588. The van der Waals surface area contributed by atoms with Gasteiger partial charge in [-0.2, -0.15) is 0 Å². The molecule has 3 rings (SSSR count). The summed E-state index contributed by atoms with van der Waals surface area (Å²) in [4.78, 5) is 8.83. The maximum atomic E-state index is 6.23. The fourth-order valence-corrected chi connectivity index (χ4v) is 2.64. The summed E-state index contributed by atoms with van der Waals surface area (Å²) < 4.78 is 6.18. The molecule has 0 aliphatic rings. The van der Waals surface area contributed by atoms with Gasteiger partial charge >= 0.3 is 0 Å². The minimum atomic E-state index is 0.432. The number of ether oxygens (including phenoxy) is 1. The molecule has 0 amide bonds. The lowest BCUT2D eigenvalue weighted by Crippen LogP contribution is -1.89. The van der Waals surface area contributed by atoms with E-state index in [-0.39, 0.29) is 0 Å². The van der Waals surface area contributed by atoms with E-state index in [0.717, 1.165) is 32.4 Å². The van der Waals surface area contributed by atoms with E-state index in [1.54, 1.807) is 13.3 Å². The Labute approximate surface area is 141 Å². The molecule has 0 aliphatic carbocycles. The molecule has 0 spiro atoms. The van der Waals surface area contributed by atoms with Crippen LogP contribution in [0.2, 0.25) is 5.15 Å². The minimum Gasteiger partial charge on any atom is -0.497 e. The molecule has 110 valence electrons. The summed E-state index contributed by atoms with van der Waals surface area (Å²) in [6.45, 7) is 0. The largest absolute Gasteiger partial charge is 0.497 e. The van der Waals surface area contributed by atoms with Crippen molar-refractivity contribution in [3.8, 4) is 5.75 Å². The van der Waals surface area contributed by atoms with Crippen LogP contribution in [-0.2, 0) is 0 Å². The lowest BCUT2D eigenvalue weighted by Gasteiger charge is -2.03. The quantitative estimate of drug-likeness (QED) is 0.453. The second-order valence-electron chi connectivity index (χ2n) is 4.67. The molecule has 0 bridgehead atoms. The van der Waals surface area contributed by atoms with E-state index in [9.17, 15) is 0 Å². The molecule has 0 saturated carbocycles. The molecule has 3 nitrogen and oxygen atoms in total. The van der Waals surface area contributed by atoms with Gasteiger partial charge in [0.25, 0.3) is 0 Å². The summed E-state index contributed by atoms with van der Waals surface area (Å²) in [5.41, 5.74) is 2.42. The maximum absolute atomic E-state index is 6.23. The van der Waals surface area contributed by atoms with E-state index in [1.807, 2.05) is 48.5 Å². The van der Waals surface area contributed by atoms with Crippen LogP contribution < -0.4 is 4.74 Å². The Morgan fingerprint density at radius 3 is 2.86 bits per heavy atom. The maximum Gasteiger partial charge on any atom is 0.138 e. The van der Waals surface area contributed by atoms with E-state index < -0.39 is 0 Å². The van der Waals surface area contributed by atoms with Crippen molar-refractivity contribution in [2.75, 3.05) is 7.11 Å². The molecule has 1 aromatic heterocycles. The summed E-state index contributed by atoms with van der Waals surface area (Å²) in [5, 5.41) is 1.44. The molecule has 0 N–H and O–H groups in total. The lowest BCUT2D eigenvalue weighted by atomic mass is 10.2. The van der Waals surface area contributed by atoms with Gasteiger partial charge in [0, 0.05) is 27.7 Å². The molecule has 0 saturated heterocycles. The first-order valence-corrected chi connectivity index (χ1v) is 7.77. The highest BCUT2D eigenvalue weighted by molar-refractivity contribution is 9.10. The number of aliphatic imine (C=N–C) groups is 1. The molecular weight excluding hydrogens is 364 g/mol.